The highest BCUT2D eigenvalue weighted by Crippen LogP contribution is 2.24. The van der Waals surface area contributed by atoms with Crippen LogP contribution in [0.3, 0.4) is 0 Å². The fraction of sp³-hybridized carbons (Fsp3) is 0.0667. The number of H-pyrrole nitrogens is 1. The number of aryl methyl sites for hydroxylation is 1. The van der Waals surface area contributed by atoms with Crippen molar-refractivity contribution in [3.8, 4) is 0 Å². The number of nitrogens with one attached hydrogen (secondary N) is 2. The van der Waals surface area contributed by atoms with E-state index in [1.54, 1.807) is 36.5 Å². The molecule has 5 heteroatoms. The first-order valence-corrected chi connectivity index (χ1v) is 7.70. The lowest BCUT2D eigenvalue weighted by atomic mass is 10.2. The van der Waals surface area contributed by atoms with Gasteiger partial charge in [-0.15, -0.1) is 0 Å². The molecule has 0 saturated carbocycles. The van der Waals surface area contributed by atoms with Crippen molar-refractivity contribution in [1.29, 1.82) is 0 Å². The minimum absolute atomic E-state index is 0.256. The minimum Gasteiger partial charge on any atom is -0.359 e. The van der Waals surface area contributed by atoms with E-state index in [9.17, 15) is 8.42 Å². The first-order valence-electron chi connectivity index (χ1n) is 6.22. The predicted molar refractivity (Wildman–Crippen MR) is 80.3 cm³/mol. The Morgan fingerprint density at radius 2 is 1.75 bits per heavy atom. The van der Waals surface area contributed by atoms with Crippen LogP contribution in [-0.2, 0) is 10.0 Å². The lowest BCUT2D eigenvalue weighted by Crippen LogP contribution is -2.13. The second-order valence-corrected chi connectivity index (χ2v) is 6.35. The Morgan fingerprint density at radius 3 is 2.50 bits per heavy atom. The van der Waals surface area contributed by atoms with Gasteiger partial charge in [0.05, 0.1) is 16.1 Å². The summed E-state index contributed by atoms with van der Waals surface area (Å²) in [6.45, 7) is 1.92. The van der Waals surface area contributed by atoms with Crippen LogP contribution in [0.15, 0.2) is 59.6 Å². The van der Waals surface area contributed by atoms with Gasteiger partial charge in [0.2, 0.25) is 0 Å². The van der Waals surface area contributed by atoms with E-state index >= 15 is 0 Å². The number of hydrogen-bond donors (Lipinski definition) is 2. The molecule has 0 atom stereocenters. The standard InChI is InChI=1S/C15H14N2O2S/c1-11-5-7-13(8-6-11)20(18,19)17-14-4-2-3-12-9-10-16-15(12)14/h2-10,16-17H,1H3. The largest absolute Gasteiger partial charge is 0.359 e. The minimum atomic E-state index is -3.57. The maximum absolute atomic E-state index is 12.4. The zero-order chi connectivity index (χ0) is 14.2. The van der Waals surface area contributed by atoms with E-state index in [0.717, 1.165) is 16.5 Å². The molecular weight excluding hydrogens is 272 g/mol. The highest BCUT2D eigenvalue weighted by Gasteiger charge is 2.15. The average molecular weight is 286 g/mol. The fourth-order valence-corrected chi connectivity index (χ4v) is 3.16. The first-order chi connectivity index (χ1) is 9.56. The summed E-state index contributed by atoms with van der Waals surface area (Å²) in [5, 5.41) is 0.967. The molecule has 3 rings (SSSR count). The third-order valence-electron chi connectivity index (χ3n) is 3.16. The summed E-state index contributed by atoms with van der Waals surface area (Å²) >= 11 is 0. The molecular formula is C15H14N2O2S. The molecule has 0 aliphatic heterocycles. The summed E-state index contributed by atoms with van der Waals surface area (Å²) in [5.74, 6) is 0. The molecule has 2 aromatic carbocycles. The molecule has 0 radical (unpaired) electrons. The number of aromatic amines is 1. The summed E-state index contributed by atoms with van der Waals surface area (Å²) in [4.78, 5) is 3.30. The van der Waals surface area contributed by atoms with E-state index in [0.29, 0.717) is 5.69 Å². The van der Waals surface area contributed by atoms with Crippen LogP contribution in [0.5, 0.6) is 0 Å². The zero-order valence-corrected chi connectivity index (χ0v) is 11.7. The second kappa shape index (κ2) is 4.68. The molecule has 0 aliphatic carbocycles. The molecule has 2 N–H and O–H groups in total. The van der Waals surface area contributed by atoms with Gasteiger partial charge in [0.25, 0.3) is 10.0 Å². The van der Waals surface area contributed by atoms with E-state index < -0.39 is 10.0 Å². The molecule has 0 unspecified atom stereocenters. The third kappa shape index (κ3) is 2.28. The van der Waals surface area contributed by atoms with Crippen molar-refractivity contribution in [1.82, 2.24) is 4.98 Å². The summed E-state index contributed by atoms with van der Waals surface area (Å²) in [5.41, 5.74) is 2.35. The summed E-state index contributed by atoms with van der Waals surface area (Å²) in [6.07, 6.45) is 1.79. The number of rotatable bonds is 3. The van der Waals surface area contributed by atoms with Gasteiger partial charge >= 0.3 is 0 Å². The Balaban J connectivity index is 2.01. The van der Waals surface area contributed by atoms with Crippen LogP contribution >= 0.6 is 0 Å². The van der Waals surface area contributed by atoms with Crippen LogP contribution in [0.1, 0.15) is 5.56 Å². The molecule has 0 fully saturated rings. The van der Waals surface area contributed by atoms with Crippen molar-refractivity contribution >= 4 is 26.6 Å². The van der Waals surface area contributed by atoms with E-state index in [2.05, 4.69) is 9.71 Å². The van der Waals surface area contributed by atoms with Crippen molar-refractivity contribution in [3.05, 3.63) is 60.3 Å². The zero-order valence-electron chi connectivity index (χ0n) is 10.9. The van der Waals surface area contributed by atoms with Crippen molar-refractivity contribution in [2.45, 2.75) is 11.8 Å². The molecule has 4 nitrogen and oxygen atoms in total. The molecule has 0 amide bonds. The van der Waals surface area contributed by atoms with Gasteiger partial charge < -0.3 is 4.98 Å². The van der Waals surface area contributed by atoms with Gasteiger partial charge in [0, 0.05) is 11.6 Å². The van der Waals surface area contributed by atoms with Crippen LogP contribution in [-0.4, -0.2) is 13.4 Å². The van der Waals surface area contributed by atoms with Gasteiger partial charge in [-0.1, -0.05) is 29.8 Å². The van der Waals surface area contributed by atoms with Gasteiger partial charge in [-0.2, -0.15) is 0 Å². The molecule has 1 aromatic heterocycles. The first kappa shape index (κ1) is 12.7. The Hall–Kier alpha value is -2.27. The Bertz CT molecular complexity index is 849. The van der Waals surface area contributed by atoms with Crippen LogP contribution in [0.25, 0.3) is 10.9 Å². The summed E-state index contributed by atoms with van der Waals surface area (Å²) < 4.78 is 27.3. The van der Waals surface area contributed by atoms with Gasteiger partial charge in [0.15, 0.2) is 0 Å². The summed E-state index contributed by atoms with van der Waals surface area (Å²) in [6, 6.07) is 14.2. The number of benzene rings is 2. The van der Waals surface area contributed by atoms with Gasteiger partial charge in [0.1, 0.15) is 0 Å². The smallest absolute Gasteiger partial charge is 0.261 e. The van der Waals surface area contributed by atoms with E-state index in [1.807, 2.05) is 25.1 Å². The lowest BCUT2D eigenvalue weighted by molar-refractivity contribution is 0.601. The maximum atomic E-state index is 12.4. The maximum Gasteiger partial charge on any atom is 0.261 e. The van der Waals surface area contributed by atoms with Crippen LogP contribution in [0.4, 0.5) is 5.69 Å². The Kier molecular flexibility index (Phi) is 2.99. The van der Waals surface area contributed by atoms with Crippen LogP contribution < -0.4 is 4.72 Å². The van der Waals surface area contributed by atoms with E-state index in [1.165, 1.54) is 0 Å². The van der Waals surface area contributed by atoms with Gasteiger partial charge in [-0.3, -0.25) is 4.72 Å². The number of aromatic nitrogens is 1. The molecule has 102 valence electrons. The monoisotopic (exact) mass is 286 g/mol. The van der Waals surface area contributed by atoms with Crippen LogP contribution in [0.2, 0.25) is 0 Å². The molecule has 1 heterocycles. The Labute approximate surface area is 117 Å². The van der Waals surface area contributed by atoms with Gasteiger partial charge in [-0.25, -0.2) is 8.42 Å². The van der Waals surface area contributed by atoms with E-state index in [-0.39, 0.29) is 4.90 Å². The number of para-hydroxylation sites is 1. The average Bonchev–Trinajstić information content (AvgIpc) is 2.88. The highest BCUT2D eigenvalue weighted by atomic mass is 32.2. The molecule has 0 bridgehead atoms. The number of fused-ring (bicyclic) bond motifs is 1. The van der Waals surface area contributed by atoms with Crippen molar-refractivity contribution in [3.63, 3.8) is 0 Å². The molecule has 0 aliphatic rings. The second-order valence-electron chi connectivity index (χ2n) is 4.67. The molecule has 3 aromatic rings. The fourth-order valence-electron chi connectivity index (χ4n) is 2.09. The number of hydrogen-bond acceptors (Lipinski definition) is 2. The van der Waals surface area contributed by atoms with Crippen molar-refractivity contribution in [2.24, 2.45) is 0 Å². The molecule has 20 heavy (non-hydrogen) atoms. The van der Waals surface area contributed by atoms with Crippen molar-refractivity contribution in [2.75, 3.05) is 4.72 Å². The molecule has 0 saturated heterocycles. The van der Waals surface area contributed by atoms with E-state index in [4.69, 9.17) is 0 Å². The predicted octanol–water partition coefficient (Wildman–Crippen LogP) is 3.28. The number of sulfonamides is 1. The summed E-state index contributed by atoms with van der Waals surface area (Å²) in [7, 11) is -3.57. The SMILES string of the molecule is Cc1ccc(S(=O)(=O)Nc2cccc3cc[nH]c23)cc1. The normalized spacial score (nSPS) is 11.7. The Morgan fingerprint density at radius 1 is 1.00 bits per heavy atom. The third-order valence-corrected chi connectivity index (χ3v) is 4.54. The van der Waals surface area contributed by atoms with Gasteiger partial charge in [-0.05, 0) is 31.2 Å². The quantitative estimate of drug-likeness (QED) is 0.776. The lowest BCUT2D eigenvalue weighted by Gasteiger charge is -2.09. The highest BCUT2D eigenvalue weighted by molar-refractivity contribution is 7.92. The topological polar surface area (TPSA) is 62.0 Å². The number of anilines is 1. The van der Waals surface area contributed by atoms with Crippen LogP contribution in [0, 0.1) is 6.92 Å². The van der Waals surface area contributed by atoms with Crippen molar-refractivity contribution < 1.29 is 8.42 Å². The molecule has 0 spiro atoms.